The van der Waals surface area contributed by atoms with E-state index in [2.05, 4.69) is 25.9 Å². The van der Waals surface area contributed by atoms with Gasteiger partial charge in [-0.3, -0.25) is 4.79 Å². The van der Waals surface area contributed by atoms with Crippen molar-refractivity contribution in [2.75, 3.05) is 13.1 Å². The van der Waals surface area contributed by atoms with E-state index >= 15 is 0 Å². The van der Waals surface area contributed by atoms with Crippen LogP contribution in [-0.2, 0) is 4.79 Å². The van der Waals surface area contributed by atoms with Gasteiger partial charge in [0.2, 0.25) is 5.91 Å². The van der Waals surface area contributed by atoms with Gasteiger partial charge >= 0.3 is 6.01 Å². The molecule has 1 aromatic carbocycles. The molecule has 0 spiro atoms. The minimum Gasteiger partial charge on any atom is -0.458 e. The quantitative estimate of drug-likeness (QED) is 0.755. The number of nitrogens with zero attached hydrogens (tertiary/aromatic N) is 3. The van der Waals surface area contributed by atoms with E-state index in [-0.39, 0.29) is 12.0 Å². The van der Waals surface area contributed by atoms with Gasteiger partial charge < -0.3 is 9.64 Å². The van der Waals surface area contributed by atoms with E-state index in [9.17, 15) is 4.79 Å². The molecule has 1 fully saturated rings. The lowest BCUT2D eigenvalue weighted by molar-refractivity contribution is -0.128. The Balaban J connectivity index is 1.57. The predicted octanol–water partition coefficient (Wildman–Crippen LogP) is 3.32. The molecule has 0 saturated carbocycles. The highest BCUT2D eigenvalue weighted by Gasteiger charge is 2.24. The fourth-order valence-corrected chi connectivity index (χ4v) is 2.79. The fourth-order valence-electron chi connectivity index (χ4n) is 2.58. The molecule has 2 heterocycles. The van der Waals surface area contributed by atoms with Gasteiger partial charge in [0.05, 0.1) is 11.0 Å². The van der Waals surface area contributed by atoms with E-state index in [4.69, 9.17) is 4.74 Å². The van der Waals surface area contributed by atoms with Crippen LogP contribution in [0.2, 0.25) is 0 Å². The Morgan fingerprint density at radius 1 is 1.25 bits per heavy atom. The Labute approximate surface area is 149 Å². The van der Waals surface area contributed by atoms with Gasteiger partial charge in [-0.2, -0.15) is 0 Å². The molecule has 1 aliphatic rings. The van der Waals surface area contributed by atoms with E-state index in [0.717, 1.165) is 29.4 Å². The van der Waals surface area contributed by atoms with Crippen molar-refractivity contribution >= 4 is 27.9 Å². The normalized spacial score (nSPS) is 17.9. The predicted molar refractivity (Wildman–Crippen MR) is 95.4 cm³/mol. The summed E-state index contributed by atoms with van der Waals surface area (Å²) in [7, 11) is 0. The zero-order valence-electron chi connectivity index (χ0n) is 13.1. The summed E-state index contributed by atoms with van der Waals surface area (Å²) in [5.41, 5.74) is 1.01. The number of piperidine rings is 1. The van der Waals surface area contributed by atoms with Crippen LogP contribution in [-0.4, -0.2) is 40.0 Å². The summed E-state index contributed by atoms with van der Waals surface area (Å²) in [5, 5.41) is 0. The largest absolute Gasteiger partial charge is 0.458 e. The second-order valence-electron chi connectivity index (χ2n) is 5.59. The summed E-state index contributed by atoms with van der Waals surface area (Å²) in [6.45, 7) is 1.30. The third kappa shape index (κ3) is 4.64. The lowest BCUT2D eigenvalue weighted by Gasteiger charge is -2.31. The first-order valence-electron chi connectivity index (χ1n) is 7.87. The third-order valence-corrected chi connectivity index (χ3v) is 4.19. The number of halogens is 1. The van der Waals surface area contributed by atoms with Crippen LogP contribution >= 0.6 is 15.9 Å². The van der Waals surface area contributed by atoms with Crippen LogP contribution in [0.1, 0.15) is 18.4 Å². The maximum absolute atomic E-state index is 12.4. The number of likely N-dealkylation sites (tertiary alicyclic amines) is 1. The highest BCUT2D eigenvalue weighted by Crippen LogP contribution is 2.17. The molecule has 0 N–H and O–H groups in total. The van der Waals surface area contributed by atoms with Crippen molar-refractivity contribution in [1.82, 2.24) is 14.9 Å². The molecular formula is C18H18BrN3O2. The van der Waals surface area contributed by atoms with Crippen molar-refractivity contribution in [1.29, 1.82) is 0 Å². The smallest absolute Gasteiger partial charge is 0.316 e. The molecule has 2 aromatic rings. The van der Waals surface area contributed by atoms with E-state index < -0.39 is 0 Å². The summed E-state index contributed by atoms with van der Waals surface area (Å²) in [4.78, 5) is 22.4. The number of ether oxygens (including phenoxy) is 1. The molecule has 0 unspecified atom stereocenters. The van der Waals surface area contributed by atoms with Crippen LogP contribution in [0.5, 0.6) is 6.01 Å². The van der Waals surface area contributed by atoms with Gasteiger partial charge in [-0.05, 0) is 40.4 Å². The summed E-state index contributed by atoms with van der Waals surface area (Å²) >= 11 is 3.29. The summed E-state index contributed by atoms with van der Waals surface area (Å²) < 4.78 is 6.60. The molecule has 1 amide bonds. The van der Waals surface area contributed by atoms with Crippen LogP contribution in [0.15, 0.2) is 53.3 Å². The summed E-state index contributed by atoms with van der Waals surface area (Å²) in [6.07, 6.45) is 8.48. The number of carbonyl (C=O) groups excluding carboxylic acids is 1. The van der Waals surface area contributed by atoms with Gasteiger partial charge in [-0.1, -0.05) is 30.3 Å². The minimum atomic E-state index is -0.0750. The molecule has 6 heteroatoms. The molecule has 0 bridgehead atoms. The number of hydrogen-bond donors (Lipinski definition) is 0. The van der Waals surface area contributed by atoms with Gasteiger partial charge in [0.25, 0.3) is 0 Å². The van der Waals surface area contributed by atoms with Gasteiger partial charge in [-0.15, -0.1) is 0 Å². The fraction of sp³-hybridized carbons (Fsp3) is 0.278. The van der Waals surface area contributed by atoms with Crippen LogP contribution in [0, 0.1) is 0 Å². The lowest BCUT2D eigenvalue weighted by Crippen LogP contribution is -2.43. The van der Waals surface area contributed by atoms with E-state index in [1.807, 2.05) is 41.3 Å². The third-order valence-electron chi connectivity index (χ3n) is 3.78. The number of amides is 1. The second kappa shape index (κ2) is 8.06. The Morgan fingerprint density at radius 2 is 2.00 bits per heavy atom. The molecule has 0 aliphatic carbocycles. The Morgan fingerprint density at radius 3 is 2.75 bits per heavy atom. The average molecular weight is 388 g/mol. The molecule has 1 aliphatic heterocycles. The highest BCUT2D eigenvalue weighted by atomic mass is 79.9. The zero-order valence-corrected chi connectivity index (χ0v) is 14.7. The van der Waals surface area contributed by atoms with Crippen molar-refractivity contribution < 1.29 is 9.53 Å². The summed E-state index contributed by atoms with van der Waals surface area (Å²) in [5.74, 6) is 0.00359. The van der Waals surface area contributed by atoms with Gasteiger partial charge in [0.15, 0.2) is 0 Å². The average Bonchev–Trinajstić information content (AvgIpc) is 2.63. The van der Waals surface area contributed by atoms with Crippen molar-refractivity contribution in [3.05, 3.63) is 58.8 Å². The lowest BCUT2D eigenvalue weighted by atomic mass is 10.1. The van der Waals surface area contributed by atoms with Crippen LogP contribution in [0.3, 0.4) is 0 Å². The number of hydrogen-bond acceptors (Lipinski definition) is 4. The number of rotatable bonds is 4. The number of benzene rings is 1. The first kappa shape index (κ1) is 16.6. The van der Waals surface area contributed by atoms with Gasteiger partial charge in [0.1, 0.15) is 6.10 Å². The van der Waals surface area contributed by atoms with E-state index in [1.54, 1.807) is 18.5 Å². The molecule has 5 nitrogen and oxygen atoms in total. The zero-order chi connectivity index (χ0) is 16.8. The Bertz CT molecular complexity index is 704. The van der Waals surface area contributed by atoms with E-state index in [1.165, 1.54) is 0 Å². The molecular weight excluding hydrogens is 370 g/mol. The SMILES string of the molecule is O=C(/C=C/c1ccccc1)N1CCC[C@H](Oc2ncc(Br)cn2)C1. The van der Waals surface area contributed by atoms with Crippen molar-refractivity contribution in [3.63, 3.8) is 0 Å². The molecule has 24 heavy (non-hydrogen) atoms. The molecule has 124 valence electrons. The van der Waals surface area contributed by atoms with Crippen molar-refractivity contribution in [2.24, 2.45) is 0 Å². The Hall–Kier alpha value is -2.21. The van der Waals surface area contributed by atoms with Crippen molar-refractivity contribution in [2.45, 2.75) is 18.9 Å². The van der Waals surface area contributed by atoms with Crippen LogP contribution in [0.25, 0.3) is 6.08 Å². The second-order valence-corrected chi connectivity index (χ2v) is 6.51. The van der Waals surface area contributed by atoms with Gasteiger partial charge in [0, 0.05) is 25.0 Å². The Kier molecular flexibility index (Phi) is 5.59. The molecule has 3 rings (SSSR count). The first-order valence-corrected chi connectivity index (χ1v) is 8.66. The topological polar surface area (TPSA) is 55.3 Å². The highest BCUT2D eigenvalue weighted by molar-refractivity contribution is 9.10. The maximum Gasteiger partial charge on any atom is 0.316 e. The van der Waals surface area contributed by atoms with Crippen LogP contribution < -0.4 is 4.74 Å². The van der Waals surface area contributed by atoms with Crippen molar-refractivity contribution in [3.8, 4) is 6.01 Å². The number of carbonyl (C=O) groups is 1. The summed E-state index contributed by atoms with van der Waals surface area (Å²) in [6, 6.07) is 10.1. The van der Waals surface area contributed by atoms with E-state index in [0.29, 0.717) is 12.6 Å². The van der Waals surface area contributed by atoms with Crippen LogP contribution in [0.4, 0.5) is 0 Å². The minimum absolute atomic E-state index is 0.00359. The van der Waals surface area contributed by atoms with Gasteiger partial charge in [-0.25, -0.2) is 9.97 Å². The monoisotopic (exact) mass is 387 g/mol. The maximum atomic E-state index is 12.4. The molecule has 0 radical (unpaired) electrons. The standard InChI is InChI=1S/C18H18BrN3O2/c19-15-11-20-18(21-12-15)24-16-7-4-10-22(13-16)17(23)9-8-14-5-2-1-3-6-14/h1-3,5-6,8-9,11-12,16H,4,7,10,13H2/b9-8+/t16-/m0/s1. The first-order chi connectivity index (χ1) is 11.7. The molecule has 1 atom stereocenters. The molecule has 1 saturated heterocycles. The number of aromatic nitrogens is 2. The molecule has 1 aromatic heterocycles.